The van der Waals surface area contributed by atoms with Crippen LogP contribution in [0.25, 0.3) is 0 Å². The van der Waals surface area contributed by atoms with Crippen molar-refractivity contribution in [1.29, 1.82) is 0 Å². The van der Waals surface area contributed by atoms with Crippen LogP contribution in [0, 0.1) is 0 Å². The minimum Gasteiger partial charge on any atom is -0.489 e. The molecule has 0 bridgehead atoms. The summed E-state index contributed by atoms with van der Waals surface area (Å²) >= 11 is 5.85. The zero-order valence-electron chi connectivity index (χ0n) is 11.7. The highest BCUT2D eigenvalue weighted by molar-refractivity contribution is 6.30. The molecule has 21 heavy (non-hydrogen) atoms. The normalized spacial score (nSPS) is 14.2. The zero-order chi connectivity index (χ0) is 14.5. The molecule has 3 rings (SSSR count). The Balaban J connectivity index is 1.61. The molecule has 2 aromatic carbocycles. The van der Waals surface area contributed by atoms with Crippen LogP contribution in [0.15, 0.2) is 53.5 Å². The first-order chi connectivity index (χ1) is 10.3. The molecule has 3 nitrogen and oxygen atoms in total. The van der Waals surface area contributed by atoms with Gasteiger partial charge in [0.15, 0.2) is 0 Å². The van der Waals surface area contributed by atoms with Crippen LogP contribution < -0.4 is 10.1 Å². The minimum atomic E-state index is 0.543. The maximum Gasteiger partial charge on any atom is 0.128 e. The van der Waals surface area contributed by atoms with Crippen LogP contribution in [-0.2, 0) is 6.61 Å². The molecule has 1 aliphatic heterocycles. The van der Waals surface area contributed by atoms with E-state index in [1.807, 2.05) is 24.3 Å². The molecule has 0 fully saturated rings. The van der Waals surface area contributed by atoms with Gasteiger partial charge < -0.3 is 10.1 Å². The van der Waals surface area contributed by atoms with Gasteiger partial charge in [0.05, 0.1) is 0 Å². The third kappa shape index (κ3) is 3.76. The molecule has 4 heteroatoms. The van der Waals surface area contributed by atoms with Gasteiger partial charge in [-0.15, -0.1) is 0 Å². The first-order valence-electron chi connectivity index (χ1n) is 7.07. The van der Waals surface area contributed by atoms with Crippen molar-refractivity contribution < 1.29 is 4.74 Å². The SMILES string of the molecule is Clc1ccc(OCc2ccc(C3=NCCCN3)cc2)cc1. The van der Waals surface area contributed by atoms with Gasteiger partial charge in [-0.1, -0.05) is 35.9 Å². The summed E-state index contributed by atoms with van der Waals surface area (Å²) in [5.41, 5.74) is 2.26. The monoisotopic (exact) mass is 300 g/mol. The summed E-state index contributed by atoms with van der Waals surface area (Å²) < 4.78 is 5.73. The van der Waals surface area contributed by atoms with E-state index in [1.54, 1.807) is 0 Å². The molecule has 0 atom stereocenters. The van der Waals surface area contributed by atoms with Gasteiger partial charge in [-0.2, -0.15) is 0 Å². The molecule has 0 saturated heterocycles. The second-order valence-electron chi connectivity index (χ2n) is 4.95. The van der Waals surface area contributed by atoms with Gasteiger partial charge in [-0.05, 0) is 36.2 Å². The fraction of sp³-hybridized carbons (Fsp3) is 0.235. The van der Waals surface area contributed by atoms with Crippen LogP contribution in [0.5, 0.6) is 5.75 Å². The minimum absolute atomic E-state index is 0.543. The number of rotatable bonds is 4. The molecule has 0 radical (unpaired) electrons. The Bertz CT molecular complexity index is 620. The zero-order valence-corrected chi connectivity index (χ0v) is 12.4. The van der Waals surface area contributed by atoms with Crippen molar-refractivity contribution >= 4 is 17.4 Å². The van der Waals surface area contributed by atoms with Crippen LogP contribution in [0.2, 0.25) is 5.02 Å². The molecule has 0 unspecified atom stereocenters. The van der Waals surface area contributed by atoms with Crippen molar-refractivity contribution in [2.45, 2.75) is 13.0 Å². The number of hydrogen-bond donors (Lipinski definition) is 1. The van der Waals surface area contributed by atoms with Crippen molar-refractivity contribution in [1.82, 2.24) is 5.32 Å². The molecule has 0 saturated carbocycles. The van der Waals surface area contributed by atoms with E-state index in [0.717, 1.165) is 42.2 Å². The van der Waals surface area contributed by atoms with Crippen LogP contribution in [0.3, 0.4) is 0 Å². The van der Waals surface area contributed by atoms with Crippen LogP contribution in [0.1, 0.15) is 17.5 Å². The summed E-state index contributed by atoms with van der Waals surface area (Å²) in [7, 11) is 0. The number of benzene rings is 2. The maximum atomic E-state index is 5.85. The lowest BCUT2D eigenvalue weighted by Crippen LogP contribution is -2.30. The van der Waals surface area contributed by atoms with Crippen molar-refractivity contribution in [2.24, 2.45) is 4.99 Å². The lowest BCUT2D eigenvalue weighted by atomic mass is 10.1. The van der Waals surface area contributed by atoms with E-state index < -0.39 is 0 Å². The van der Waals surface area contributed by atoms with E-state index in [0.29, 0.717) is 11.6 Å². The highest BCUT2D eigenvalue weighted by atomic mass is 35.5. The Labute approximate surface area is 129 Å². The van der Waals surface area contributed by atoms with Crippen molar-refractivity contribution in [3.8, 4) is 5.75 Å². The number of nitrogens with zero attached hydrogens (tertiary/aromatic N) is 1. The van der Waals surface area contributed by atoms with E-state index in [4.69, 9.17) is 16.3 Å². The first-order valence-corrected chi connectivity index (χ1v) is 7.45. The van der Waals surface area contributed by atoms with E-state index in [1.165, 1.54) is 0 Å². The molecule has 2 aromatic rings. The predicted octanol–water partition coefficient (Wildman–Crippen LogP) is 3.66. The molecule has 108 valence electrons. The number of nitrogens with one attached hydrogen (secondary N) is 1. The molecule has 0 aliphatic carbocycles. The standard InChI is InChI=1S/C17H17ClN2O/c18-15-6-8-16(9-7-15)21-12-13-2-4-14(5-3-13)17-19-10-1-11-20-17/h2-9H,1,10-12H2,(H,19,20). The van der Waals surface area contributed by atoms with Gasteiger partial charge in [0.1, 0.15) is 18.2 Å². The van der Waals surface area contributed by atoms with Gasteiger partial charge in [0, 0.05) is 23.7 Å². The second-order valence-corrected chi connectivity index (χ2v) is 5.39. The molecule has 0 amide bonds. The fourth-order valence-corrected chi connectivity index (χ4v) is 2.31. The number of ether oxygens (including phenoxy) is 1. The lowest BCUT2D eigenvalue weighted by Gasteiger charge is -2.15. The molecular weight excluding hydrogens is 284 g/mol. The third-order valence-corrected chi connectivity index (χ3v) is 3.60. The number of aliphatic imine (C=N–C) groups is 1. The second kappa shape index (κ2) is 6.64. The fourth-order valence-electron chi connectivity index (χ4n) is 2.18. The smallest absolute Gasteiger partial charge is 0.128 e. The number of amidine groups is 1. The Morgan fingerprint density at radius 1 is 1.05 bits per heavy atom. The van der Waals surface area contributed by atoms with E-state index >= 15 is 0 Å². The largest absolute Gasteiger partial charge is 0.489 e. The molecule has 1 heterocycles. The Morgan fingerprint density at radius 3 is 2.48 bits per heavy atom. The van der Waals surface area contributed by atoms with Crippen LogP contribution in [0.4, 0.5) is 0 Å². The van der Waals surface area contributed by atoms with Gasteiger partial charge in [-0.3, -0.25) is 4.99 Å². The van der Waals surface area contributed by atoms with E-state index in [-0.39, 0.29) is 0 Å². The van der Waals surface area contributed by atoms with Crippen LogP contribution >= 0.6 is 11.6 Å². The first kappa shape index (κ1) is 14.0. The summed E-state index contributed by atoms with van der Waals surface area (Å²) in [5.74, 6) is 1.81. The average molecular weight is 301 g/mol. The molecular formula is C17H17ClN2O. The average Bonchev–Trinajstić information content (AvgIpc) is 2.56. The van der Waals surface area contributed by atoms with Gasteiger partial charge in [0.25, 0.3) is 0 Å². The summed E-state index contributed by atoms with van der Waals surface area (Å²) in [4.78, 5) is 4.49. The Kier molecular flexibility index (Phi) is 4.41. The van der Waals surface area contributed by atoms with Crippen molar-refractivity contribution in [3.05, 3.63) is 64.7 Å². The molecule has 0 spiro atoms. The molecule has 0 aromatic heterocycles. The summed E-state index contributed by atoms with van der Waals surface area (Å²) in [6.07, 6.45) is 1.11. The lowest BCUT2D eigenvalue weighted by molar-refractivity contribution is 0.306. The molecule has 1 aliphatic rings. The maximum absolute atomic E-state index is 5.85. The quantitative estimate of drug-likeness (QED) is 0.935. The summed E-state index contributed by atoms with van der Waals surface area (Å²) in [6, 6.07) is 15.7. The topological polar surface area (TPSA) is 33.6 Å². The molecule has 1 N–H and O–H groups in total. The highest BCUT2D eigenvalue weighted by Crippen LogP contribution is 2.17. The van der Waals surface area contributed by atoms with Gasteiger partial charge in [-0.25, -0.2) is 0 Å². The van der Waals surface area contributed by atoms with Crippen molar-refractivity contribution in [2.75, 3.05) is 13.1 Å². The third-order valence-electron chi connectivity index (χ3n) is 3.34. The Hall–Kier alpha value is -2.00. The van der Waals surface area contributed by atoms with Gasteiger partial charge in [0.2, 0.25) is 0 Å². The van der Waals surface area contributed by atoms with Gasteiger partial charge >= 0.3 is 0 Å². The highest BCUT2D eigenvalue weighted by Gasteiger charge is 2.06. The Morgan fingerprint density at radius 2 is 1.81 bits per heavy atom. The predicted molar refractivity (Wildman–Crippen MR) is 86.2 cm³/mol. The summed E-state index contributed by atoms with van der Waals surface area (Å²) in [6.45, 7) is 2.45. The van der Waals surface area contributed by atoms with Crippen LogP contribution in [-0.4, -0.2) is 18.9 Å². The number of hydrogen-bond acceptors (Lipinski definition) is 3. The van der Waals surface area contributed by atoms with E-state index in [2.05, 4.69) is 34.6 Å². The van der Waals surface area contributed by atoms with Crippen molar-refractivity contribution in [3.63, 3.8) is 0 Å². The number of halogens is 1. The summed E-state index contributed by atoms with van der Waals surface area (Å²) in [5, 5.41) is 4.04. The van der Waals surface area contributed by atoms with E-state index in [9.17, 15) is 0 Å².